The molecule has 3 N–H and O–H groups in total. The summed E-state index contributed by atoms with van der Waals surface area (Å²) in [4.78, 5) is 63.4. The molecule has 4 aliphatic rings. The highest BCUT2D eigenvalue weighted by atomic mass is 16.4. The van der Waals surface area contributed by atoms with Crippen molar-refractivity contribution in [2.75, 3.05) is 13.1 Å². The third-order valence-electron chi connectivity index (χ3n) is 6.94. The van der Waals surface area contributed by atoms with E-state index >= 15 is 0 Å². The number of carboxylic acids is 3. The summed E-state index contributed by atoms with van der Waals surface area (Å²) in [5, 5.41) is 28.3. The van der Waals surface area contributed by atoms with Crippen molar-refractivity contribution in [1.82, 2.24) is 9.80 Å². The maximum Gasteiger partial charge on any atom is 0.326 e. The Morgan fingerprint density at radius 3 is 1.59 bits per heavy atom. The third-order valence-corrected chi connectivity index (χ3v) is 6.94. The molecule has 4 rings (SSSR count). The fourth-order valence-corrected chi connectivity index (χ4v) is 5.56. The van der Waals surface area contributed by atoms with E-state index in [1.807, 2.05) is 0 Å². The molecule has 8 atom stereocenters. The van der Waals surface area contributed by atoms with Crippen LogP contribution < -0.4 is 0 Å². The van der Waals surface area contributed by atoms with Crippen LogP contribution in [0.1, 0.15) is 20.8 Å². The lowest BCUT2D eigenvalue weighted by Gasteiger charge is -2.36. The minimum Gasteiger partial charge on any atom is -0.481 e. The second-order valence-electron chi connectivity index (χ2n) is 9.64. The summed E-state index contributed by atoms with van der Waals surface area (Å²) in [5.41, 5.74) is -0.776. The van der Waals surface area contributed by atoms with Gasteiger partial charge in [0.25, 0.3) is 0 Å². The molecule has 2 aliphatic heterocycles. The fourth-order valence-electron chi connectivity index (χ4n) is 5.56. The molecule has 2 heterocycles. The van der Waals surface area contributed by atoms with Gasteiger partial charge in [0.1, 0.15) is 12.1 Å². The van der Waals surface area contributed by atoms with Gasteiger partial charge in [0.05, 0.1) is 11.8 Å². The first kappa shape index (κ1) is 19.7. The highest BCUT2D eigenvalue weighted by molar-refractivity contribution is 5.96. The zero-order valence-corrected chi connectivity index (χ0v) is 16.3. The maximum atomic E-state index is 13.4. The summed E-state index contributed by atoms with van der Waals surface area (Å²) in [7, 11) is 0. The smallest absolute Gasteiger partial charge is 0.326 e. The average molecular weight is 408 g/mol. The maximum absolute atomic E-state index is 13.4. The molecule has 0 aromatic carbocycles. The van der Waals surface area contributed by atoms with Crippen LogP contribution in [0, 0.1) is 40.9 Å². The van der Waals surface area contributed by atoms with Crippen LogP contribution in [0.2, 0.25) is 0 Å². The highest BCUT2D eigenvalue weighted by Crippen LogP contribution is 2.59. The molecule has 158 valence electrons. The highest BCUT2D eigenvalue weighted by Gasteiger charge is 2.72. The summed E-state index contributed by atoms with van der Waals surface area (Å²) in [6.07, 6.45) is 0. The van der Waals surface area contributed by atoms with Gasteiger partial charge in [0.2, 0.25) is 11.8 Å². The topological polar surface area (TPSA) is 153 Å². The van der Waals surface area contributed by atoms with E-state index in [0.717, 1.165) is 4.90 Å². The number of carboxylic acid groups (broad SMARTS) is 3. The molecule has 2 amide bonds. The first-order chi connectivity index (χ1) is 13.4. The third kappa shape index (κ3) is 2.71. The Kier molecular flexibility index (Phi) is 4.02. The van der Waals surface area contributed by atoms with Crippen molar-refractivity contribution in [1.29, 1.82) is 0 Å². The lowest BCUT2D eigenvalue weighted by atomic mass is 9.93. The Labute approximate surface area is 166 Å². The molecule has 0 radical (unpaired) electrons. The quantitative estimate of drug-likeness (QED) is 0.559. The van der Waals surface area contributed by atoms with Crippen molar-refractivity contribution >= 4 is 29.7 Å². The van der Waals surface area contributed by atoms with Gasteiger partial charge in [-0.25, -0.2) is 4.79 Å². The molecule has 0 bridgehead atoms. The molecule has 0 unspecified atom stereocenters. The second kappa shape index (κ2) is 5.93. The predicted octanol–water partition coefficient (Wildman–Crippen LogP) is -0.568. The Morgan fingerprint density at radius 2 is 1.17 bits per heavy atom. The lowest BCUT2D eigenvalue weighted by molar-refractivity contribution is -0.157. The van der Waals surface area contributed by atoms with Gasteiger partial charge in [-0.2, -0.15) is 0 Å². The van der Waals surface area contributed by atoms with Crippen molar-refractivity contribution in [3.8, 4) is 0 Å². The van der Waals surface area contributed by atoms with Crippen molar-refractivity contribution in [3.63, 3.8) is 0 Å². The Hall–Kier alpha value is -2.65. The van der Waals surface area contributed by atoms with Crippen LogP contribution in [0.15, 0.2) is 0 Å². The predicted molar refractivity (Wildman–Crippen MR) is 94.3 cm³/mol. The van der Waals surface area contributed by atoms with E-state index in [2.05, 4.69) is 0 Å². The number of fused-ring (bicyclic) bond motifs is 2. The van der Waals surface area contributed by atoms with Crippen LogP contribution in [0.25, 0.3) is 0 Å². The molecule has 0 aromatic rings. The van der Waals surface area contributed by atoms with Gasteiger partial charge < -0.3 is 25.1 Å². The minimum atomic E-state index is -1.27. The molecular weight excluding hydrogens is 384 g/mol. The Balaban J connectivity index is 1.61. The first-order valence-corrected chi connectivity index (χ1v) is 9.68. The molecule has 10 nitrogen and oxygen atoms in total. The summed E-state index contributed by atoms with van der Waals surface area (Å²) < 4.78 is 0. The second-order valence-corrected chi connectivity index (χ2v) is 9.64. The molecule has 0 spiro atoms. The normalized spacial score (nSPS) is 39.6. The van der Waals surface area contributed by atoms with Gasteiger partial charge in [-0.05, 0) is 11.8 Å². The van der Waals surface area contributed by atoms with Crippen molar-refractivity contribution < 1.29 is 39.3 Å². The fraction of sp³-hybridized carbons (Fsp3) is 0.737. The molecule has 0 aromatic heterocycles. The number of nitrogens with zero attached hydrogens (tertiary/aromatic N) is 2. The number of piperidine rings is 2. The van der Waals surface area contributed by atoms with Gasteiger partial charge in [-0.1, -0.05) is 20.8 Å². The molecule has 2 aliphatic carbocycles. The van der Waals surface area contributed by atoms with Crippen LogP contribution >= 0.6 is 0 Å². The van der Waals surface area contributed by atoms with E-state index in [4.69, 9.17) is 0 Å². The number of hydrogen-bond donors (Lipinski definition) is 3. The number of carbonyl (C=O) groups is 5. The summed E-state index contributed by atoms with van der Waals surface area (Å²) in [6.45, 7) is 5.28. The molecule has 10 heteroatoms. The van der Waals surface area contributed by atoms with E-state index in [1.54, 1.807) is 20.8 Å². The largest absolute Gasteiger partial charge is 0.481 e. The molecular formula is C19H24N2O8. The van der Waals surface area contributed by atoms with E-state index in [9.17, 15) is 39.3 Å². The Morgan fingerprint density at radius 1 is 0.724 bits per heavy atom. The average Bonchev–Trinajstić information content (AvgIpc) is 3.39. The lowest BCUT2D eigenvalue weighted by Crippen LogP contribution is -2.56. The standard InChI is InChI=1S/C19H24N2O8/c1-19(2,3)18(29)21-5-7-8(10(7)15(23)24)12(21)14(22)20-4-6-9(11(6)16(25)26)13(20)17(27)28/h6-13H,4-5H2,1-3H3,(H,23,24)(H,25,26)(H,27,28)/t6-,7-,8+,9+,10+,11+,12-,13-/m0/s1. The van der Waals surface area contributed by atoms with E-state index in [0.29, 0.717) is 0 Å². The number of amides is 2. The van der Waals surface area contributed by atoms with Crippen molar-refractivity contribution in [2.45, 2.75) is 32.9 Å². The van der Waals surface area contributed by atoms with Crippen molar-refractivity contribution in [3.05, 3.63) is 0 Å². The van der Waals surface area contributed by atoms with E-state index in [-0.39, 0.29) is 24.9 Å². The summed E-state index contributed by atoms with van der Waals surface area (Å²) in [6, 6.07) is -2.28. The zero-order chi connectivity index (χ0) is 21.6. The SMILES string of the molecule is CC(C)(C)C(=O)N1C[C@@H]2[C@@H](C(=O)O)[C@@H]2[C@H]1C(=O)N1C[C@@H]2[C@@H](C(=O)O)[C@@H]2[C@H]1C(=O)O. The molecule has 2 saturated carbocycles. The summed E-state index contributed by atoms with van der Waals surface area (Å²) in [5.74, 6) is -7.66. The minimum absolute atomic E-state index is 0.000602. The van der Waals surface area contributed by atoms with Crippen LogP contribution in [0.4, 0.5) is 0 Å². The van der Waals surface area contributed by atoms with Gasteiger partial charge >= 0.3 is 17.9 Å². The van der Waals surface area contributed by atoms with E-state index in [1.165, 1.54) is 4.90 Å². The van der Waals surface area contributed by atoms with Gasteiger partial charge in [-0.3, -0.25) is 19.2 Å². The monoisotopic (exact) mass is 408 g/mol. The first-order valence-electron chi connectivity index (χ1n) is 9.68. The number of carbonyl (C=O) groups excluding carboxylic acids is 2. The van der Waals surface area contributed by atoms with Gasteiger partial charge in [0, 0.05) is 30.3 Å². The molecule has 4 fully saturated rings. The molecule has 29 heavy (non-hydrogen) atoms. The number of likely N-dealkylation sites (tertiary alicyclic amines) is 2. The van der Waals surface area contributed by atoms with Gasteiger partial charge in [-0.15, -0.1) is 0 Å². The van der Waals surface area contributed by atoms with Crippen LogP contribution in [0.3, 0.4) is 0 Å². The number of hydrogen-bond acceptors (Lipinski definition) is 5. The van der Waals surface area contributed by atoms with Gasteiger partial charge in [0.15, 0.2) is 0 Å². The van der Waals surface area contributed by atoms with Crippen LogP contribution in [-0.4, -0.2) is 80.0 Å². The molecule has 2 saturated heterocycles. The zero-order valence-electron chi connectivity index (χ0n) is 16.3. The van der Waals surface area contributed by atoms with Crippen LogP contribution in [-0.2, 0) is 24.0 Å². The van der Waals surface area contributed by atoms with Crippen LogP contribution in [0.5, 0.6) is 0 Å². The number of rotatable bonds is 4. The number of aliphatic carboxylic acids is 3. The van der Waals surface area contributed by atoms with E-state index < -0.39 is 70.9 Å². The Bertz CT molecular complexity index is 833. The summed E-state index contributed by atoms with van der Waals surface area (Å²) >= 11 is 0. The van der Waals surface area contributed by atoms with Crippen molar-refractivity contribution in [2.24, 2.45) is 40.9 Å².